The molecule has 0 bridgehead atoms. The molecule has 0 aliphatic carbocycles. The smallest absolute Gasteiger partial charge is 0.248 e. The summed E-state index contributed by atoms with van der Waals surface area (Å²) in [6.07, 6.45) is 4.95. The van der Waals surface area contributed by atoms with E-state index in [9.17, 15) is 4.79 Å². The molecular formula is C23H27NO3. The number of rotatable bonds is 7. The van der Waals surface area contributed by atoms with E-state index in [4.69, 9.17) is 9.47 Å². The highest BCUT2D eigenvalue weighted by atomic mass is 16.5. The van der Waals surface area contributed by atoms with E-state index >= 15 is 0 Å². The minimum absolute atomic E-state index is 0.0169. The summed E-state index contributed by atoms with van der Waals surface area (Å²) in [7, 11) is 1.59. The molecule has 142 valence electrons. The number of benzene rings is 2. The lowest BCUT2D eigenvalue weighted by Crippen LogP contribution is -2.14. The first-order valence-corrected chi connectivity index (χ1v) is 8.85. The van der Waals surface area contributed by atoms with Gasteiger partial charge in [0.2, 0.25) is 5.91 Å². The summed E-state index contributed by atoms with van der Waals surface area (Å²) in [5, 5.41) is 2.90. The van der Waals surface area contributed by atoms with Crippen molar-refractivity contribution in [2.24, 2.45) is 0 Å². The van der Waals surface area contributed by atoms with Crippen LogP contribution in [0.1, 0.15) is 31.9 Å². The van der Waals surface area contributed by atoms with Gasteiger partial charge in [-0.3, -0.25) is 4.79 Å². The van der Waals surface area contributed by atoms with Crippen LogP contribution in [0.3, 0.4) is 0 Å². The topological polar surface area (TPSA) is 47.6 Å². The van der Waals surface area contributed by atoms with Crippen molar-refractivity contribution in [1.29, 1.82) is 0 Å². The van der Waals surface area contributed by atoms with Crippen LogP contribution in [0.15, 0.2) is 61.2 Å². The van der Waals surface area contributed by atoms with Crippen molar-refractivity contribution in [3.05, 3.63) is 72.3 Å². The van der Waals surface area contributed by atoms with Gasteiger partial charge in [0.15, 0.2) is 0 Å². The zero-order valence-electron chi connectivity index (χ0n) is 16.4. The molecule has 0 aliphatic heterocycles. The molecule has 0 aromatic heterocycles. The molecule has 0 radical (unpaired) electrons. The molecule has 27 heavy (non-hydrogen) atoms. The summed E-state index contributed by atoms with van der Waals surface area (Å²) in [5.41, 5.74) is 2.67. The highest BCUT2D eigenvalue weighted by molar-refractivity contribution is 6.02. The predicted octanol–water partition coefficient (Wildman–Crippen LogP) is 5.21. The number of hydrogen-bond donors (Lipinski definition) is 1. The first kappa shape index (κ1) is 20.3. The van der Waals surface area contributed by atoms with E-state index in [0.29, 0.717) is 18.0 Å². The van der Waals surface area contributed by atoms with Crippen LogP contribution in [-0.2, 0) is 10.2 Å². The highest BCUT2D eigenvalue weighted by Gasteiger charge is 2.16. The van der Waals surface area contributed by atoms with Gasteiger partial charge in [0.1, 0.15) is 18.1 Å². The van der Waals surface area contributed by atoms with Gasteiger partial charge in [-0.1, -0.05) is 51.6 Å². The van der Waals surface area contributed by atoms with Crippen LogP contribution < -0.4 is 14.8 Å². The number of anilines is 1. The average Bonchev–Trinajstić information content (AvgIpc) is 2.64. The standard InChI is InChI=1S/C23H27NO3/c1-6-15-27-19-11-7-17(8-12-19)9-14-22(25)24-20-16-18(23(2,3)4)10-13-21(20)26-5/h6-14,16H,1,15H2,2-5H3,(H,24,25)/b14-9+. The van der Waals surface area contributed by atoms with E-state index < -0.39 is 0 Å². The summed E-state index contributed by atoms with van der Waals surface area (Å²) in [5.74, 6) is 1.18. The quantitative estimate of drug-likeness (QED) is 0.541. The van der Waals surface area contributed by atoms with Gasteiger partial charge in [0.05, 0.1) is 12.8 Å². The Kier molecular flexibility index (Phi) is 6.83. The number of amides is 1. The maximum atomic E-state index is 12.3. The van der Waals surface area contributed by atoms with Crippen LogP contribution in [0.5, 0.6) is 11.5 Å². The summed E-state index contributed by atoms with van der Waals surface area (Å²) in [6.45, 7) is 10.5. The van der Waals surface area contributed by atoms with E-state index in [1.54, 1.807) is 19.3 Å². The normalized spacial score (nSPS) is 11.3. The number of methoxy groups -OCH3 is 1. The van der Waals surface area contributed by atoms with Gasteiger partial charge < -0.3 is 14.8 Å². The first-order chi connectivity index (χ1) is 12.8. The van der Waals surface area contributed by atoms with Crippen LogP contribution in [0.4, 0.5) is 5.69 Å². The molecule has 0 heterocycles. The second-order valence-electron chi connectivity index (χ2n) is 7.16. The van der Waals surface area contributed by atoms with E-state index in [0.717, 1.165) is 16.9 Å². The van der Waals surface area contributed by atoms with Crippen LogP contribution in [0.2, 0.25) is 0 Å². The molecule has 0 atom stereocenters. The maximum absolute atomic E-state index is 12.3. The van der Waals surface area contributed by atoms with Gasteiger partial charge >= 0.3 is 0 Å². The summed E-state index contributed by atoms with van der Waals surface area (Å²) in [4.78, 5) is 12.3. The third kappa shape index (κ3) is 6.03. The minimum Gasteiger partial charge on any atom is -0.495 e. The van der Waals surface area contributed by atoms with Crippen molar-refractivity contribution >= 4 is 17.7 Å². The molecule has 2 rings (SSSR count). The van der Waals surface area contributed by atoms with Gasteiger partial charge in [-0.2, -0.15) is 0 Å². The zero-order valence-corrected chi connectivity index (χ0v) is 16.4. The van der Waals surface area contributed by atoms with E-state index in [2.05, 4.69) is 32.7 Å². The van der Waals surface area contributed by atoms with Crippen LogP contribution in [-0.4, -0.2) is 19.6 Å². The van der Waals surface area contributed by atoms with Crippen LogP contribution >= 0.6 is 0 Å². The molecular weight excluding hydrogens is 338 g/mol. The first-order valence-electron chi connectivity index (χ1n) is 8.85. The Morgan fingerprint density at radius 2 is 1.85 bits per heavy atom. The molecule has 1 amide bonds. The Morgan fingerprint density at radius 3 is 2.44 bits per heavy atom. The van der Waals surface area contributed by atoms with Crippen molar-refractivity contribution < 1.29 is 14.3 Å². The molecule has 2 aromatic carbocycles. The van der Waals surface area contributed by atoms with Crippen molar-refractivity contribution in [1.82, 2.24) is 0 Å². The zero-order chi connectivity index (χ0) is 19.9. The Bertz CT molecular complexity index is 815. The highest BCUT2D eigenvalue weighted by Crippen LogP contribution is 2.31. The number of ether oxygens (including phenoxy) is 2. The average molecular weight is 365 g/mol. The van der Waals surface area contributed by atoms with E-state index in [1.807, 2.05) is 42.5 Å². The van der Waals surface area contributed by atoms with Gasteiger partial charge in [0.25, 0.3) is 0 Å². The molecule has 0 saturated carbocycles. The number of hydrogen-bond acceptors (Lipinski definition) is 3. The molecule has 2 aromatic rings. The Hall–Kier alpha value is -3.01. The van der Waals surface area contributed by atoms with Gasteiger partial charge in [-0.05, 0) is 46.9 Å². The van der Waals surface area contributed by atoms with Gasteiger partial charge in [-0.15, -0.1) is 0 Å². The third-order valence-electron chi connectivity index (χ3n) is 4.00. The molecule has 1 N–H and O–H groups in total. The Morgan fingerprint density at radius 1 is 1.15 bits per heavy atom. The Balaban J connectivity index is 2.08. The lowest BCUT2D eigenvalue weighted by atomic mass is 9.87. The van der Waals surface area contributed by atoms with Gasteiger partial charge in [-0.25, -0.2) is 0 Å². The fourth-order valence-electron chi connectivity index (χ4n) is 2.45. The number of carbonyl (C=O) groups is 1. The molecule has 0 saturated heterocycles. The van der Waals surface area contributed by atoms with Crippen LogP contribution in [0, 0.1) is 0 Å². The van der Waals surface area contributed by atoms with E-state index in [-0.39, 0.29) is 11.3 Å². The van der Waals surface area contributed by atoms with Crippen molar-refractivity contribution in [3.63, 3.8) is 0 Å². The third-order valence-corrected chi connectivity index (χ3v) is 4.00. The molecule has 4 heteroatoms. The second-order valence-corrected chi connectivity index (χ2v) is 7.16. The number of nitrogens with one attached hydrogen (secondary N) is 1. The SMILES string of the molecule is C=CCOc1ccc(/C=C/C(=O)Nc2cc(C(C)(C)C)ccc2OC)cc1. The minimum atomic E-state index is -0.216. The fraction of sp³-hybridized carbons (Fsp3) is 0.261. The van der Waals surface area contributed by atoms with Crippen molar-refractivity contribution in [3.8, 4) is 11.5 Å². The van der Waals surface area contributed by atoms with Crippen molar-refractivity contribution in [2.75, 3.05) is 19.0 Å². The lowest BCUT2D eigenvalue weighted by Gasteiger charge is -2.21. The monoisotopic (exact) mass is 365 g/mol. The fourth-order valence-corrected chi connectivity index (χ4v) is 2.45. The van der Waals surface area contributed by atoms with Crippen LogP contribution in [0.25, 0.3) is 6.08 Å². The maximum Gasteiger partial charge on any atom is 0.248 e. The lowest BCUT2D eigenvalue weighted by molar-refractivity contribution is -0.111. The van der Waals surface area contributed by atoms with E-state index in [1.165, 1.54) is 6.08 Å². The summed E-state index contributed by atoms with van der Waals surface area (Å²) >= 11 is 0. The molecule has 0 spiro atoms. The molecule has 0 unspecified atom stereocenters. The molecule has 4 nitrogen and oxygen atoms in total. The Labute approximate surface area is 161 Å². The number of carbonyl (C=O) groups excluding carboxylic acids is 1. The molecule has 0 fully saturated rings. The second kappa shape index (κ2) is 9.08. The van der Waals surface area contributed by atoms with Crippen molar-refractivity contribution in [2.45, 2.75) is 26.2 Å². The summed E-state index contributed by atoms with van der Waals surface area (Å²) < 4.78 is 10.8. The molecule has 0 aliphatic rings. The largest absolute Gasteiger partial charge is 0.495 e. The van der Waals surface area contributed by atoms with Gasteiger partial charge in [0, 0.05) is 6.08 Å². The predicted molar refractivity (Wildman–Crippen MR) is 111 cm³/mol. The summed E-state index contributed by atoms with van der Waals surface area (Å²) in [6, 6.07) is 13.3.